The van der Waals surface area contributed by atoms with E-state index in [2.05, 4.69) is 20.4 Å². The van der Waals surface area contributed by atoms with Crippen LogP contribution in [0.15, 0.2) is 4.99 Å². The Hall–Kier alpha value is -1.79. The zero-order chi connectivity index (χ0) is 14.2. The van der Waals surface area contributed by atoms with E-state index in [0.29, 0.717) is 6.54 Å². The van der Waals surface area contributed by atoms with E-state index in [1.165, 1.54) is 0 Å². The molecule has 0 radical (unpaired) electrons. The van der Waals surface area contributed by atoms with Gasteiger partial charge < -0.3 is 14.8 Å². The van der Waals surface area contributed by atoms with Gasteiger partial charge >= 0.3 is 12.2 Å². The molecule has 0 aliphatic carbocycles. The van der Waals surface area contributed by atoms with Crippen LogP contribution in [-0.2, 0) is 9.47 Å². The van der Waals surface area contributed by atoms with Crippen LogP contribution in [0, 0.1) is 0 Å². The molecular weight excluding hydrogens is 238 g/mol. The summed E-state index contributed by atoms with van der Waals surface area (Å²) in [5.74, 6) is 0.00481. The quantitative estimate of drug-likeness (QED) is 0.581. The third-order valence-corrected chi connectivity index (χ3v) is 1.44. The molecule has 0 saturated carbocycles. The molecule has 2 amide bonds. The molecule has 0 aliphatic rings. The lowest BCUT2D eigenvalue weighted by Crippen LogP contribution is -2.42. The van der Waals surface area contributed by atoms with Crippen molar-refractivity contribution >= 4 is 18.1 Å². The summed E-state index contributed by atoms with van der Waals surface area (Å²) in [6.07, 6.45) is -1.46. The van der Waals surface area contributed by atoms with Gasteiger partial charge in [-0.25, -0.2) is 9.59 Å². The van der Waals surface area contributed by atoms with Crippen molar-refractivity contribution in [2.75, 3.05) is 13.2 Å². The Kier molecular flexibility index (Phi) is 6.77. The molecule has 0 atom stereocenters. The second-order valence-electron chi connectivity index (χ2n) is 4.32. The first-order valence-corrected chi connectivity index (χ1v) is 5.77. The number of carbonyl (C=O) groups excluding carboxylic acids is 2. The van der Waals surface area contributed by atoms with Gasteiger partial charge in [-0.2, -0.15) is 0 Å². The van der Waals surface area contributed by atoms with Crippen LogP contribution in [0.1, 0.15) is 34.6 Å². The Morgan fingerprint density at radius 3 is 2.28 bits per heavy atom. The maximum absolute atomic E-state index is 11.4. The lowest BCUT2D eigenvalue weighted by atomic mass is 10.2. The summed E-state index contributed by atoms with van der Waals surface area (Å²) in [5, 5.41) is 5.04. The molecule has 0 bridgehead atoms. The summed E-state index contributed by atoms with van der Waals surface area (Å²) in [4.78, 5) is 26.2. The van der Waals surface area contributed by atoms with E-state index in [4.69, 9.17) is 4.74 Å². The number of hydrogen-bond acceptors (Lipinski definition) is 4. The predicted molar refractivity (Wildman–Crippen MR) is 67.5 cm³/mol. The van der Waals surface area contributed by atoms with E-state index < -0.39 is 17.8 Å². The van der Waals surface area contributed by atoms with Crippen LogP contribution in [0.2, 0.25) is 0 Å². The molecule has 7 nitrogen and oxygen atoms in total. The van der Waals surface area contributed by atoms with Crippen molar-refractivity contribution in [1.82, 2.24) is 10.6 Å². The average molecular weight is 259 g/mol. The van der Waals surface area contributed by atoms with Gasteiger partial charge in [-0.1, -0.05) is 0 Å². The molecule has 0 aromatic heterocycles. The number of ether oxygens (including phenoxy) is 2. The fraction of sp³-hybridized carbons (Fsp3) is 0.727. The van der Waals surface area contributed by atoms with Gasteiger partial charge in [0, 0.05) is 6.54 Å². The Labute approximate surface area is 107 Å². The van der Waals surface area contributed by atoms with Gasteiger partial charge in [-0.3, -0.25) is 5.32 Å². The Bertz CT molecular complexity index is 321. The molecule has 0 heterocycles. The van der Waals surface area contributed by atoms with Gasteiger partial charge in [0.15, 0.2) is 0 Å². The molecule has 0 fully saturated rings. The number of alkyl carbamates (subject to hydrolysis) is 1. The minimum absolute atomic E-state index is 0.00481. The summed E-state index contributed by atoms with van der Waals surface area (Å²) in [7, 11) is 0. The van der Waals surface area contributed by atoms with Gasteiger partial charge in [-0.15, -0.1) is 4.99 Å². The molecule has 0 aromatic rings. The molecule has 0 saturated heterocycles. The number of nitrogens with zero attached hydrogens (tertiary/aromatic N) is 1. The highest BCUT2D eigenvalue weighted by Crippen LogP contribution is 2.07. The third kappa shape index (κ3) is 8.37. The highest BCUT2D eigenvalue weighted by molar-refractivity contribution is 5.98. The second-order valence-corrected chi connectivity index (χ2v) is 4.32. The highest BCUT2D eigenvalue weighted by Gasteiger charge is 2.17. The monoisotopic (exact) mass is 259 g/mol. The summed E-state index contributed by atoms with van der Waals surface area (Å²) in [6, 6.07) is 0. The lowest BCUT2D eigenvalue weighted by molar-refractivity contribution is 0.0603. The van der Waals surface area contributed by atoms with Crippen molar-refractivity contribution in [3.05, 3.63) is 0 Å². The summed E-state index contributed by atoms with van der Waals surface area (Å²) in [5.41, 5.74) is -0.637. The number of carbonyl (C=O) groups is 2. The van der Waals surface area contributed by atoms with Crippen molar-refractivity contribution in [3.63, 3.8) is 0 Å². The Morgan fingerprint density at radius 2 is 1.83 bits per heavy atom. The Morgan fingerprint density at radius 1 is 1.22 bits per heavy atom. The van der Waals surface area contributed by atoms with Crippen molar-refractivity contribution < 1.29 is 19.1 Å². The van der Waals surface area contributed by atoms with Crippen LogP contribution in [0.4, 0.5) is 9.59 Å². The van der Waals surface area contributed by atoms with Crippen molar-refractivity contribution in [3.8, 4) is 0 Å². The first-order chi connectivity index (χ1) is 8.28. The van der Waals surface area contributed by atoms with Gasteiger partial charge in [0.2, 0.25) is 5.96 Å². The molecule has 104 valence electrons. The van der Waals surface area contributed by atoms with Gasteiger partial charge in [0.25, 0.3) is 0 Å². The maximum Gasteiger partial charge on any atom is 0.437 e. The smallest absolute Gasteiger partial charge is 0.437 e. The van der Waals surface area contributed by atoms with E-state index in [9.17, 15) is 9.59 Å². The van der Waals surface area contributed by atoms with Gasteiger partial charge in [0.05, 0.1) is 6.61 Å². The molecule has 0 aliphatic heterocycles. The maximum atomic E-state index is 11.4. The van der Waals surface area contributed by atoms with Crippen LogP contribution < -0.4 is 10.6 Å². The fourth-order valence-electron chi connectivity index (χ4n) is 0.919. The molecule has 0 unspecified atom stereocenters. The second kappa shape index (κ2) is 7.52. The fourth-order valence-corrected chi connectivity index (χ4v) is 0.919. The van der Waals surface area contributed by atoms with Crippen LogP contribution >= 0.6 is 0 Å². The van der Waals surface area contributed by atoms with Crippen LogP contribution in [0.3, 0.4) is 0 Å². The first-order valence-electron chi connectivity index (χ1n) is 5.77. The van der Waals surface area contributed by atoms with E-state index in [0.717, 1.165) is 0 Å². The summed E-state index contributed by atoms with van der Waals surface area (Å²) >= 11 is 0. The molecule has 0 aromatic carbocycles. The van der Waals surface area contributed by atoms with Crippen molar-refractivity contribution in [2.45, 2.75) is 40.2 Å². The number of guanidine groups is 1. The standard InChI is InChI=1S/C11H21N3O4/c1-6-12-8(13-9(15)17-7-2)14-10(16)18-11(3,4)5/h6-7H2,1-5H3,(H2,12,13,14,15,16). The van der Waals surface area contributed by atoms with Crippen molar-refractivity contribution in [2.24, 2.45) is 4.99 Å². The summed E-state index contributed by atoms with van der Waals surface area (Å²) < 4.78 is 9.68. The zero-order valence-electron chi connectivity index (χ0n) is 11.5. The van der Waals surface area contributed by atoms with E-state index >= 15 is 0 Å². The van der Waals surface area contributed by atoms with Gasteiger partial charge in [-0.05, 0) is 34.6 Å². The van der Waals surface area contributed by atoms with Crippen LogP contribution in [-0.4, -0.2) is 36.9 Å². The van der Waals surface area contributed by atoms with Crippen LogP contribution in [0.25, 0.3) is 0 Å². The normalized spacial score (nSPS) is 11.7. The molecule has 7 heteroatoms. The number of amides is 2. The molecule has 18 heavy (non-hydrogen) atoms. The van der Waals surface area contributed by atoms with E-state index in [1.54, 1.807) is 34.6 Å². The number of nitrogens with one attached hydrogen (secondary N) is 2. The molecule has 2 N–H and O–H groups in total. The first kappa shape index (κ1) is 16.2. The predicted octanol–water partition coefficient (Wildman–Crippen LogP) is 1.63. The SMILES string of the molecule is CCN/C(=N/C(=O)OC(C)(C)C)NC(=O)OCC. The number of rotatable bonds is 2. The average Bonchev–Trinajstić information content (AvgIpc) is 2.14. The van der Waals surface area contributed by atoms with Crippen LogP contribution in [0.5, 0.6) is 0 Å². The Balaban J connectivity index is 4.57. The minimum atomic E-state index is -0.782. The lowest BCUT2D eigenvalue weighted by Gasteiger charge is -2.18. The number of hydrogen-bond donors (Lipinski definition) is 2. The topological polar surface area (TPSA) is 89.0 Å². The third-order valence-electron chi connectivity index (χ3n) is 1.44. The molecule has 0 spiro atoms. The molecular formula is C11H21N3O4. The van der Waals surface area contributed by atoms with E-state index in [1.807, 2.05) is 0 Å². The molecule has 0 rings (SSSR count). The minimum Gasteiger partial charge on any atom is -0.450 e. The largest absolute Gasteiger partial charge is 0.450 e. The van der Waals surface area contributed by atoms with Crippen molar-refractivity contribution in [1.29, 1.82) is 0 Å². The number of aliphatic imine (C=N–C) groups is 1. The highest BCUT2D eigenvalue weighted by atomic mass is 16.6. The summed E-state index contributed by atoms with van der Waals surface area (Å²) in [6.45, 7) is 9.39. The zero-order valence-corrected chi connectivity index (χ0v) is 11.5. The van der Waals surface area contributed by atoms with Gasteiger partial charge in [0.1, 0.15) is 5.60 Å². The van der Waals surface area contributed by atoms with E-state index in [-0.39, 0.29) is 12.6 Å².